The first kappa shape index (κ1) is 20.0. The Balaban J connectivity index is 1.39. The fraction of sp³-hybridized carbons (Fsp3) is 0.647. The number of pyridine rings is 1. The van der Waals surface area contributed by atoms with E-state index in [1.54, 1.807) is 6.20 Å². The van der Waals surface area contributed by atoms with Gasteiger partial charge in [0.05, 0.1) is 19.0 Å². The molecule has 1 aromatic rings. The van der Waals surface area contributed by atoms with E-state index >= 15 is 0 Å². The second kappa shape index (κ2) is 9.45. The van der Waals surface area contributed by atoms with Crippen LogP contribution in [0.2, 0.25) is 0 Å². The predicted molar refractivity (Wildman–Crippen MR) is 102 cm³/mol. The van der Waals surface area contributed by atoms with Crippen LogP contribution >= 0.6 is 0 Å². The quantitative estimate of drug-likeness (QED) is 0.610. The summed E-state index contributed by atoms with van der Waals surface area (Å²) >= 11 is 0. The van der Waals surface area contributed by atoms with Crippen molar-refractivity contribution < 1.29 is 17.9 Å². The van der Waals surface area contributed by atoms with Gasteiger partial charge in [0.2, 0.25) is 15.9 Å². The molecule has 0 aromatic carbocycles. The summed E-state index contributed by atoms with van der Waals surface area (Å²) in [6.45, 7) is 4.08. The topological polar surface area (TPSA) is 104 Å². The molecule has 3 rings (SSSR count). The maximum absolute atomic E-state index is 12.5. The van der Waals surface area contributed by atoms with Crippen LogP contribution in [0.5, 0.6) is 0 Å². The first-order chi connectivity index (χ1) is 13.0. The Hall–Kier alpha value is -1.75. The van der Waals surface area contributed by atoms with Gasteiger partial charge in [-0.1, -0.05) is 6.07 Å². The second-order valence-electron chi connectivity index (χ2n) is 6.67. The number of nitrogens with zero attached hydrogens (tertiary/aromatic N) is 3. The lowest BCUT2D eigenvalue weighted by Crippen LogP contribution is -2.50. The Bertz CT molecular complexity index is 701. The van der Waals surface area contributed by atoms with Gasteiger partial charge in [-0.2, -0.15) is 4.31 Å². The van der Waals surface area contributed by atoms with Gasteiger partial charge in [0, 0.05) is 57.9 Å². The smallest absolute Gasteiger partial charge is 0.221 e. The van der Waals surface area contributed by atoms with Gasteiger partial charge < -0.3 is 20.3 Å². The summed E-state index contributed by atoms with van der Waals surface area (Å²) in [7, 11) is -3.39. The largest absolute Gasteiger partial charge is 0.378 e. The molecule has 2 aliphatic heterocycles. The molecular formula is C17H27N5O4S. The van der Waals surface area contributed by atoms with Gasteiger partial charge >= 0.3 is 0 Å². The van der Waals surface area contributed by atoms with Crippen LogP contribution in [0.15, 0.2) is 24.4 Å². The average Bonchev–Trinajstić information content (AvgIpc) is 2.69. The molecule has 1 unspecified atom stereocenters. The lowest BCUT2D eigenvalue weighted by molar-refractivity contribution is -0.122. The van der Waals surface area contributed by atoms with Crippen molar-refractivity contribution in [3.63, 3.8) is 0 Å². The number of rotatable bonds is 7. The van der Waals surface area contributed by atoms with Gasteiger partial charge in [-0.3, -0.25) is 4.79 Å². The van der Waals surface area contributed by atoms with Crippen LogP contribution in [0.3, 0.4) is 0 Å². The molecule has 0 aliphatic carbocycles. The Morgan fingerprint density at radius 1 is 1.30 bits per heavy atom. The number of nitrogens with one attached hydrogen (secondary N) is 2. The number of amides is 1. The van der Waals surface area contributed by atoms with Gasteiger partial charge in [0.15, 0.2) is 0 Å². The molecule has 150 valence electrons. The third-order valence-corrected chi connectivity index (χ3v) is 6.59. The van der Waals surface area contributed by atoms with E-state index in [1.165, 1.54) is 4.31 Å². The third-order valence-electron chi connectivity index (χ3n) is 4.72. The number of sulfonamides is 1. The highest BCUT2D eigenvalue weighted by atomic mass is 32.2. The van der Waals surface area contributed by atoms with E-state index in [0.717, 1.165) is 12.4 Å². The molecule has 0 saturated carbocycles. The van der Waals surface area contributed by atoms with E-state index in [-0.39, 0.29) is 24.2 Å². The van der Waals surface area contributed by atoms with Crippen molar-refractivity contribution in [2.45, 2.75) is 12.5 Å². The van der Waals surface area contributed by atoms with E-state index in [9.17, 15) is 13.2 Å². The number of piperazine rings is 1. The van der Waals surface area contributed by atoms with Crippen molar-refractivity contribution in [1.29, 1.82) is 0 Å². The molecule has 10 heteroatoms. The maximum atomic E-state index is 12.5. The zero-order valence-corrected chi connectivity index (χ0v) is 16.2. The molecule has 0 radical (unpaired) electrons. The molecule has 9 nitrogen and oxygen atoms in total. The molecule has 1 amide bonds. The summed E-state index contributed by atoms with van der Waals surface area (Å²) in [5.74, 6) is 0.618. The lowest BCUT2D eigenvalue weighted by atomic mass is 10.2. The average molecular weight is 398 g/mol. The van der Waals surface area contributed by atoms with Crippen LogP contribution in [0, 0.1) is 0 Å². The Morgan fingerprint density at radius 2 is 2.11 bits per heavy atom. The molecule has 1 atom stereocenters. The standard InChI is InChI=1S/C17H27N5O4S/c23-17(13-15-14-26-11-5-18-15)20-6-12-27(24,25)22-9-7-21(8-10-22)16-3-1-2-4-19-16/h1-4,15,18H,5-14H2,(H,20,23). The Kier molecular flexibility index (Phi) is 7.00. The summed E-state index contributed by atoms with van der Waals surface area (Å²) in [5, 5.41) is 5.90. The van der Waals surface area contributed by atoms with E-state index in [4.69, 9.17) is 4.74 Å². The molecule has 3 heterocycles. The van der Waals surface area contributed by atoms with Gasteiger partial charge in [-0.15, -0.1) is 0 Å². The minimum absolute atomic E-state index is 0.00460. The minimum Gasteiger partial charge on any atom is -0.378 e. The van der Waals surface area contributed by atoms with Crippen LogP contribution in [0.4, 0.5) is 5.82 Å². The van der Waals surface area contributed by atoms with Gasteiger partial charge in [0.1, 0.15) is 5.82 Å². The molecule has 2 N–H and O–H groups in total. The van der Waals surface area contributed by atoms with Gasteiger partial charge in [-0.25, -0.2) is 13.4 Å². The number of morpholine rings is 1. The van der Waals surface area contributed by atoms with E-state index < -0.39 is 10.0 Å². The van der Waals surface area contributed by atoms with Crippen LogP contribution in [-0.2, 0) is 19.6 Å². The van der Waals surface area contributed by atoms with Crippen LogP contribution in [0.1, 0.15) is 6.42 Å². The second-order valence-corrected chi connectivity index (χ2v) is 8.76. The highest BCUT2D eigenvalue weighted by Crippen LogP contribution is 2.14. The van der Waals surface area contributed by atoms with E-state index in [0.29, 0.717) is 45.8 Å². The SMILES string of the molecule is O=C(CC1COCCN1)NCCS(=O)(=O)N1CCN(c2ccccn2)CC1. The molecular weight excluding hydrogens is 370 g/mol. The monoisotopic (exact) mass is 397 g/mol. The van der Waals surface area contributed by atoms with E-state index in [1.807, 2.05) is 18.2 Å². The third kappa shape index (κ3) is 5.86. The van der Waals surface area contributed by atoms with Gasteiger partial charge in [0.25, 0.3) is 0 Å². The summed E-state index contributed by atoms with van der Waals surface area (Å²) in [6.07, 6.45) is 2.03. The fourth-order valence-corrected chi connectivity index (χ4v) is 4.57. The summed E-state index contributed by atoms with van der Waals surface area (Å²) in [5.41, 5.74) is 0. The maximum Gasteiger partial charge on any atom is 0.221 e. The summed E-state index contributed by atoms with van der Waals surface area (Å²) < 4.78 is 31.8. The number of hydrogen-bond acceptors (Lipinski definition) is 7. The highest BCUT2D eigenvalue weighted by molar-refractivity contribution is 7.89. The summed E-state index contributed by atoms with van der Waals surface area (Å²) in [6, 6.07) is 5.69. The Labute approximate surface area is 160 Å². The number of aromatic nitrogens is 1. The molecule has 0 bridgehead atoms. The number of ether oxygens (including phenoxy) is 1. The first-order valence-corrected chi connectivity index (χ1v) is 10.9. The zero-order chi connectivity index (χ0) is 19.1. The van der Waals surface area contributed by atoms with Crippen molar-refractivity contribution in [3.8, 4) is 0 Å². The van der Waals surface area contributed by atoms with Crippen molar-refractivity contribution in [1.82, 2.24) is 19.9 Å². The lowest BCUT2D eigenvalue weighted by Gasteiger charge is -2.34. The molecule has 27 heavy (non-hydrogen) atoms. The predicted octanol–water partition coefficient (Wildman–Crippen LogP) is -0.972. The molecule has 0 spiro atoms. The van der Waals surface area contributed by atoms with Crippen LogP contribution in [0.25, 0.3) is 0 Å². The van der Waals surface area contributed by atoms with Crippen molar-refractivity contribution in [3.05, 3.63) is 24.4 Å². The van der Waals surface area contributed by atoms with Crippen molar-refractivity contribution >= 4 is 21.7 Å². The van der Waals surface area contributed by atoms with Crippen LogP contribution in [-0.4, -0.2) is 87.9 Å². The minimum atomic E-state index is -3.39. The summed E-state index contributed by atoms with van der Waals surface area (Å²) in [4.78, 5) is 18.3. The number of carbonyl (C=O) groups excluding carboxylic acids is 1. The van der Waals surface area contributed by atoms with E-state index in [2.05, 4.69) is 20.5 Å². The number of anilines is 1. The van der Waals surface area contributed by atoms with Crippen molar-refractivity contribution in [2.75, 3.05) is 63.1 Å². The molecule has 1 aromatic heterocycles. The fourth-order valence-electron chi connectivity index (χ4n) is 3.23. The van der Waals surface area contributed by atoms with Gasteiger partial charge in [-0.05, 0) is 12.1 Å². The zero-order valence-electron chi connectivity index (χ0n) is 15.3. The normalized spacial score (nSPS) is 21.8. The van der Waals surface area contributed by atoms with Crippen molar-refractivity contribution in [2.24, 2.45) is 0 Å². The highest BCUT2D eigenvalue weighted by Gasteiger charge is 2.27. The number of hydrogen-bond donors (Lipinski definition) is 2. The molecule has 2 fully saturated rings. The van der Waals surface area contributed by atoms with Crippen LogP contribution < -0.4 is 15.5 Å². The number of carbonyl (C=O) groups is 1. The molecule has 2 aliphatic rings. The molecule has 2 saturated heterocycles. The first-order valence-electron chi connectivity index (χ1n) is 9.26. The Morgan fingerprint density at radius 3 is 2.78 bits per heavy atom.